The number of hydrogen-bond acceptors (Lipinski definition) is 4. The van der Waals surface area contributed by atoms with E-state index >= 15 is 0 Å². The smallest absolute Gasteiger partial charge is 0.332 e. The van der Waals surface area contributed by atoms with Crippen molar-refractivity contribution < 1.29 is 26.9 Å². The van der Waals surface area contributed by atoms with Gasteiger partial charge in [0.05, 0.1) is 18.1 Å². The fraction of sp³-hybridized carbons (Fsp3) is 0.222. The average molecular weight is 283 g/mol. The molecular weight excluding hydrogens is 275 g/mol. The summed E-state index contributed by atoms with van der Waals surface area (Å²) >= 11 is 5.65. The Kier molecular flexibility index (Phi) is 4.30. The summed E-state index contributed by atoms with van der Waals surface area (Å²) in [4.78, 5) is 9.64. The third-order valence-corrected chi connectivity index (χ3v) is 2.87. The first-order valence-corrected chi connectivity index (χ1v) is 6.15. The molecule has 0 heterocycles. The minimum atomic E-state index is -4.81. The lowest BCUT2D eigenvalue weighted by atomic mass is 10.3. The molecule has 0 aliphatic carbocycles. The van der Waals surface area contributed by atoms with Crippen molar-refractivity contribution in [3.63, 3.8) is 0 Å². The molecule has 1 N–H and O–H groups in total. The molecule has 0 aliphatic heterocycles. The number of rotatable bonds is 5. The Morgan fingerprint density at radius 3 is 2.59 bits per heavy atom. The summed E-state index contributed by atoms with van der Waals surface area (Å²) in [6.45, 7) is -0.114. The molecule has 0 saturated carbocycles. The Labute approximate surface area is 102 Å². The predicted molar refractivity (Wildman–Crippen MR) is 57.5 cm³/mol. The van der Waals surface area contributed by atoms with Gasteiger partial charge in [-0.3, -0.25) is 4.79 Å². The molecule has 17 heavy (non-hydrogen) atoms. The Balaban J connectivity index is 2.80. The van der Waals surface area contributed by atoms with E-state index in [4.69, 9.17) is 21.4 Å². The molecule has 5 nitrogen and oxygen atoms in total. The van der Waals surface area contributed by atoms with Crippen molar-refractivity contribution in [1.29, 1.82) is 0 Å². The molecule has 0 aromatic heterocycles. The SMILES string of the molecule is O=C(O)CCOc1ccc(S(=O)(=O)F)cc1Cl. The lowest BCUT2D eigenvalue weighted by Crippen LogP contribution is -2.05. The molecule has 1 aromatic carbocycles. The van der Waals surface area contributed by atoms with Crippen molar-refractivity contribution >= 4 is 27.8 Å². The molecule has 0 unspecified atom stereocenters. The van der Waals surface area contributed by atoms with Crippen LogP contribution in [0.5, 0.6) is 5.75 Å². The number of carbonyl (C=O) groups is 1. The molecule has 0 saturated heterocycles. The van der Waals surface area contributed by atoms with Crippen LogP contribution in [0.2, 0.25) is 5.02 Å². The Morgan fingerprint density at radius 1 is 1.47 bits per heavy atom. The van der Waals surface area contributed by atoms with Gasteiger partial charge in [0.2, 0.25) is 0 Å². The summed E-state index contributed by atoms with van der Waals surface area (Å²) in [7, 11) is -4.81. The zero-order valence-electron chi connectivity index (χ0n) is 8.39. The van der Waals surface area contributed by atoms with Gasteiger partial charge in [-0.1, -0.05) is 11.6 Å². The first-order valence-electron chi connectivity index (χ1n) is 4.39. The molecule has 0 radical (unpaired) electrons. The first kappa shape index (κ1) is 13.7. The molecule has 0 aliphatic rings. The van der Waals surface area contributed by atoms with E-state index in [-0.39, 0.29) is 23.8 Å². The highest BCUT2D eigenvalue weighted by Crippen LogP contribution is 2.28. The van der Waals surface area contributed by atoms with Gasteiger partial charge in [-0.15, -0.1) is 3.89 Å². The Bertz CT molecular complexity index is 528. The molecule has 0 amide bonds. The van der Waals surface area contributed by atoms with E-state index < -0.39 is 21.1 Å². The van der Waals surface area contributed by atoms with E-state index in [1.807, 2.05) is 0 Å². The number of aliphatic carboxylic acids is 1. The van der Waals surface area contributed by atoms with E-state index in [0.29, 0.717) is 0 Å². The predicted octanol–water partition coefficient (Wildman–Crippen LogP) is 1.85. The summed E-state index contributed by atoms with van der Waals surface area (Å²) in [6.07, 6.45) is -0.223. The molecule has 0 atom stereocenters. The van der Waals surface area contributed by atoms with Crippen LogP contribution in [0.3, 0.4) is 0 Å². The molecular formula is C9H8ClFO5S. The highest BCUT2D eigenvalue weighted by molar-refractivity contribution is 7.86. The maximum Gasteiger partial charge on any atom is 0.332 e. The van der Waals surface area contributed by atoms with Crippen LogP contribution in [0, 0.1) is 0 Å². The second-order valence-electron chi connectivity index (χ2n) is 3.02. The fourth-order valence-electron chi connectivity index (χ4n) is 0.999. The second kappa shape index (κ2) is 5.33. The van der Waals surface area contributed by atoms with Crippen molar-refractivity contribution in [3.8, 4) is 5.75 Å². The van der Waals surface area contributed by atoms with Crippen LogP contribution in [-0.4, -0.2) is 26.1 Å². The number of hydrogen-bond donors (Lipinski definition) is 1. The number of benzene rings is 1. The molecule has 0 spiro atoms. The normalized spacial score (nSPS) is 11.2. The van der Waals surface area contributed by atoms with E-state index in [2.05, 4.69) is 0 Å². The second-order valence-corrected chi connectivity index (χ2v) is 4.78. The van der Waals surface area contributed by atoms with Gasteiger partial charge in [0.25, 0.3) is 0 Å². The number of halogens is 2. The fourth-order valence-corrected chi connectivity index (χ4v) is 1.79. The first-order chi connectivity index (χ1) is 7.80. The van der Waals surface area contributed by atoms with Gasteiger partial charge in [0, 0.05) is 0 Å². The van der Waals surface area contributed by atoms with Gasteiger partial charge in [0.1, 0.15) is 10.6 Å². The van der Waals surface area contributed by atoms with Crippen LogP contribution in [0.25, 0.3) is 0 Å². The molecule has 1 aromatic rings. The van der Waals surface area contributed by atoms with Gasteiger partial charge in [-0.05, 0) is 18.2 Å². The summed E-state index contributed by atoms with van der Waals surface area (Å²) in [5.41, 5.74) is 0. The Hall–Kier alpha value is -1.34. The number of carboxylic acid groups (broad SMARTS) is 1. The van der Waals surface area contributed by atoms with E-state index in [0.717, 1.165) is 18.2 Å². The van der Waals surface area contributed by atoms with Crippen LogP contribution in [-0.2, 0) is 15.0 Å². The molecule has 0 fully saturated rings. The zero-order chi connectivity index (χ0) is 13.1. The molecule has 8 heteroatoms. The topological polar surface area (TPSA) is 80.7 Å². The van der Waals surface area contributed by atoms with Gasteiger partial charge in [0.15, 0.2) is 0 Å². The summed E-state index contributed by atoms with van der Waals surface area (Å²) < 4.78 is 38.7. The summed E-state index contributed by atoms with van der Waals surface area (Å²) in [6, 6.07) is 3.04. The minimum absolute atomic E-state index is 0.0975. The molecule has 0 bridgehead atoms. The monoisotopic (exact) mass is 282 g/mol. The van der Waals surface area contributed by atoms with Gasteiger partial charge >= 0.3 is 16.2 Å². The largest absolute Gasteiger partial charge is 0.491 e. The van der Waals surface area contributed by atoms with Crippen molar-refractivity contribution in [2.45, 2.75) is 11.3 Å². The van der Waals surface area contributed by atoms with E-state index in [1.54, 1.807) is 0 Å². The van der Waals surface area contributed by atoms with Crippen LogP contribution < -0.4 is 4.74 Å². The summed E-state index contributed by atoms with van der Waals surface area (Å²) in [5, 5.41) is 8.27. The summed E-state index contributed by atoms with van der Waals surface area (Å²) in [5.74, 6) is -0.940. The highest BCUT2D eigenvalue weighted by atomic mass is 35.5. The van der Waals surface area contributed by atoms with E-state index in [9.17, 15) is 17.1 Å². The van der Waals surface area contributed by atoms with Crippen LogP contribution >= 0.6 is 11.6 Å². The van der Waals surface area contributed by atoms with Crippen molar-refractivity contribution in [2.24, 2.45) is 0 Å². The van der Waals surface area contributed by atoms with Crippen molar-refractivity contribution in [1.82, 2.24) is 0 Å². The van der Waals surface area contributed by atoms with Crippen LogP contribution in [0.1, 0.15) is 6.42 Å². The average Bonchev–Trinajstić information content (AvgIpc) is 2.18. The quantitative estimate of drug-likeness (QED) is 0.834. The van der Waals surface area contributed by atoms with Gasteiger partial charge in [-0.25, -0.2) is 0 Å². The van der Waals surface area contributed by atoms with Crippen LogP contribution in [0.4, 0.5) is 3.89 Å². The van der Waals surface area contributed by atoms with Crippen molar-refractivity contribution in [2.75, 3.05) is 6.61 Å². The number of ether oxygens (including phenoxy) is 1. The molecule has 94 valence electrons. The number of carboxylic acids is 1. The molecule has 1 rings (SSSR count). The maximum atomic E-state index is 12.6. The standard InChI is InChI=1S/C9H8ClFO5S/c10-7-5-6(17(11,14)15)1-2-8(7)16-4-3-9(12)13/h1-2,5H,3-4H2,(H,12,13). The van der Waals surface area contributed by atoms with E-state index in [1.165, 1.54) is 0 Å². The minimum Gasteiger partial charge on any atom is -0.491 e. The van der Waals surface area contributed by atoms with Crippen LogP contribution in [0.15, 0.2) is 23.1 Å². The van der Waals surface area contributed by atoms with Gasteiger partial charge < -0.3 is 9.84 Å². The Morgan fingerprint density at radius 2 is 2.12 bits per heavy atom. The zero-order valence-corrected chi connectivity index (χ0v) is 9.96. The van der Waals surface area contributed by atoms with Crippen molar-refractivity contribution in [3.05, 3.63) is 23.2 Å². The third kappa shape index (κ3) is 4.20. The lowest BCUT2D eigenvalue weighted by molar-refractivity contribution is -0.137. The van der Waals surface area contributed by atoms with Gasteiger partial charge in [-0.2, -0.15) is 8.42 Å². The highest BCUT2D eigenvalue weighted by Gasteiger charge is 2.14. The maximum absolute atomic E-state index is 12.6. The third-order valence-electron chi connectivity index (χ3n) is 1.76. The lowest BCUT2D eigenvalue weighted by Gasteiger charge is -2.07.